The summed E-state index contributed by atoms with van der Waals surface area (Å²) in [5.41, 5.74) is 6.00. The predicted molar refractivity (Wildman–Crippen MR) is 130 cm³/mol. The number of aromatic amines is 1. The number of hydrogen-bond acceptors (Lipinski definition) is 2. The van der Waals surface area contributed by atoms with Gasteiger partial charge in [-0.25, -0.2) is 4.39 Å². The van der Waals surface area contributed by atoms with Gasteiger partial charge < -0.3 is 9.72 Å². The van der Waals surface area contributed by atoms with E-state index in [0.717, 1.165) is 55.5 Å². The molecule has 1 aliphatic heterocycles. The molecule has 1 fully saturated rings. The van der Waals surface area contributed by atoms with Crippen molar-refractivity contribution in [3.8, 4) is 5.75 Å². The topological polar surface area (TPSA) is 28.3 Å². The lowest BCUT2D eigenvalue weighted by atomic mass is 9.58. The summed E-state index contributed by atoms with van der Waals surface area (Å²) in [5, 5.41) is 0.784. The summed E-state index contributed by atoms with van der Waals surface area (Å²) >= 11 is 0. The van der Waals surface area contributed by atoms with E-state index in [-0.39, 0.29) is 11.2 Å². The van der Waals surface area contributed by atoms with E-state index >= 15 is 0 Å². The third kappa shape index (κ3) is 3.44. The summed E-state index contributed by atoms with van der Waals surface area (Å²) in [5.74, 6) is 1.20. The molecule has 33 heavy (non-hydrogen) atoms. The Morgan fingerprint density at radius 1 is 1.06 bits per heavy atom. The number of methoxy groups -OCH3 is 1. The molecular formula is C29H29FN2O. The molecule has 168 valence electrons. The Morgan fingerprint density at radius 2 is 1.91 bits per heavy atom. The van der Waals surface area contributed by atoms with Crippen molar-refractivity contribution in [2.45, 2.75) is 31.2 Å². The maximum atomic E-state index is 14.9. The smallest absolute Gasteiger partial charge is 0.132 e. The number of benzene rings is 3. The standard InChI is InChI=1S/C29H29FN2O/c1-33-23-10-5-9-21(15-23)29-13-14-32(18-20-7-3-2-4-8-20)19-22(29)16-24-27(17-29)31-26-12-6-11-25(30)28(24)26/h2-12,15,22,31H,13-14,16-19H2,1H3/t22?,29-/m0/s1. The fourth-order valence-corrected chi connectivity index (χ4v) is 6.29. The van der Waals surface area contributed by atoms with Gasteiger partial charge in [0.15, 0.2) is 0 Å². The molecule has 1 N–H and O–H groups in total. The molecule has 4 aromatic rings. The van der Waals surface area contributed by atoms with Crippen LogP contribution >= 0.6 is 0 Å². The zero-order chi connectivity index (χ0) is 22.4. The van der Waals surface area contributed by atoms with Crippen molar-refractivity contribution >= 4 is 10.9 Å². The van der Waals surface area contributed by atoms with Crippen molar-refractivity contribution in [3.05, 3.63) is 101 Å². The van der Waals surface area contributed by atoms with Gasteiger partial charge in [0, 0.05) is 35.1 Å². The van der Waals surface area contributed by atoms with E-state index in [2.05, 4.69) is 58.4 Å². The van der Waals surface area contributed by atoms with Crippen molar-refractivity contribution in [1.29, 1.82) is 0 Å². The fourth-order valence-electron chi connectivity index (χ4n) is 6.29. The lowest BCUT2D eigenvalue weighted by molar-refractivity contribution is 0.0764. The molecule has 0 saturated carbocycles. The highest BCUT2D eigenvalue weighted by atomic mass is 19.1. The number of fused-ring (bicyclic) bond motifs is 4. The van der Waals surface area contributed by atoms with Crippen LogP contribution in [0.3, 0.4) is 0 Å². The predicted octanol–water partition coefficient (Wildman–Crippen LogP) is 5.87. The largest absolute Gasteiger partial charge is 0.497 e. The first-order valence-electron chi connectivity index (χ1n) is 11.8. The van der Waals surface area contributed by atoms with Gasteiger partial charge in [0.05, 0.1) is 7.11 Å². The maximum absolute atomic E-state index is 14.9. The maximum Gasteiger partial charge on any atom is 0.132 e. The molecule has 6 rings (SSSR count). The van der Waals surface area contributed by atoms with Gasteiger partial charge in [-0.3, -0.25) is 4.90 Å². The summed E-state index contributed by atoms with van der Waals surface area (Å²) in [6.07, 6.45) is 2.88. The van der Waals surface area contributed by atoms with E-state index in [1.165, 1.54) is 22.4 Å². The number of hydrogen-bond donors (Lipinski definition) is 1. The van der Waals surface area contributed by atoms with Gasteiger partial charge in [0.25, 0.3) is 0 Å². The number of nitrogens with zero attached hydrogens (tertiary/aromatic N) is 1. The van der Waals surface area contributed by atoms with Gasteiger partial charge in [0.1, 0.15) is 11.6 Å². The minimum absolute atomic E-state index is 0.0199. The normalized spacial score (nSPS) is 22.7. The molecule has 0 spiro atoms. The Hall–Kier alpha value is -3.11. The second-order valence-corrected chi connectivity index (χ2v) is 9.68. The van der Waals surface area contributed by atoms with Crippen LogP contribution in [0.2, 0.25) is 0 Å². The Bertz CT molecular complexity index is 1300. The van der Waals surface area contributed by atoms with E-state index in [9.17, 15) is 4.39 Å². The first kappa shape index (κ1) is 20.5. The molecule has 0 bridgehead atoms. The Labute approximate surface area is 194 Å². The number of H-pyrrole nitrogens is 1. The molecule has 2 atom stereocenters. The number of nitrogens with one attached hydrogen (secondary N) is 1. The number of likely N-dealkylation sites (tertiary alicyclic amines) is 1. The van der Waals surface area contributed by atoms with Crippen LogP contribution in [-0.4, -0.2) is 30.1 Å². The quantitative estimate of drug-likeness (QED) is 0.430. The van der Waals surface area contributed by atoms with Crippen LogP contribution < -0.4 is 4.74 Å². The molecule has 3 aromatic carbocycles. The van der Waals surface area contributed by atoms with E-state index in [1.807, 2.05) is 12.1 Å². The Balaban J connectivity index is 1.42. The molecule has 1 saturated heterocycles. The molecule has 2 heterocycles. The minimum atomic E-state index is -0.115. The average molecular weight is 441 g/mol. The van der Waals surface area contributed by atoms with Crippen molar-refractivity contribution in [2.24, 2.45) is 5.92 Å². The molecule has 1 aliphatic carbocycles. The summed E-state index contributed by atoms with van der Waals surface area (Å²) < 4.78 is 20.5. The van der Waals surface area contributed by atoms with Gasteiger partial charge >= 0.3 is 0 Å². The van der Waals surface area contributed by atoms with Crippen LogP contribution in [0.5, 0.6) is 5.75 Å². The zero-order valence-corrected chi connectivity index (χ0v) is 19.0. The summed E-state index contributed by atoms with van der Waals surface area (Å²) in [4.78, 5) is 6.16. The molecule has 4 heteroatoms. The van der Waals surface area contributed by atoms with Gasteiger partial charge in [-0.05, 0) is 72.7 Å². The number of ether oxygens (including phenoxy) is 1. The molecule has 0 radical (unpaired) electrons. The lowest BCUT2D eigenvalue weighted by Crippen LogP contribution is -2.53. The second kappa shape index (κ2) is 8.03. The highest BCUT2D eigenvalue weighted by molar-refractivity contribution is 5.85. The highest BCUT2D eigenvalue weighted by Crippen LogP contribution is 2.50. The fraction of sp³-hybridized carbons (Fsp3) is 0.310. The third-order valence-corrected chi connectivity index (χ3v) is 7.94. The monoisotopic (exact) mass is 440 g/mol. The van der Waals surface area contributed by atoms with Crippen LogP contribution in [0, 0.1) is 11.7 Å². The number of aromatic nitrogens is 1. The van der Waals surface area contributed by atoms with E-state index < -0.39 is 0 Å². The molecule has 1 aromatic heterocycles. The van der Waals surface area contributed by atoms with E-state index in [4.69, 9.17) is 4.74 Å². The van der Waals surface area contributed by atoms with Gasteiger partial charge in [-0.15, -0.1) is 0 Å². The zero-order valence-electron chi connectivity index (χ0n) is 19.0. The van der Waals surface area contributed by atoms with Crippen molar-refractivity contribution in [2.75, 3.05) is 20.2 Å². The van der Waals surface area contributed by atoms with Crippen LogP contribution in [-0.2, 0) is 24.8 Å². The highest BCUT2D eigenvalue weighted by Gasteiger charge is 2.48. The van der Waals surface area contributed by atoms with Crippen LogP contribution in [0.4, 0.5) is 4.39 Å². The SMILES string of the molecule is COc1cccc([C@@]23CCN(Cc4ccccc4)CC2Cc2c([nH]c4cccc(F)c24)C3)c1. The Morgan fingerprint density at radius 3 is 2.76 bits per heavy atom. The first-order chi connectivity index (χ1) is 16.2. The molecule has 0 amide bonds. The van der Waals surface area contributed by atoms with Crippen molar-refractivity contribution in [1.82, 2.24) is 9.88 Å². The second-order valence-electron chi connectivity index (χ2n) is 9.68. The molecule has 3 nitrogen and oxygen atoms in total. The van der Waals surface area contributed by atoms with Gasteiger partial charge in [-0.1, -0.05) is 48.5 Å². The minimum Gasteiger partial charge on any atom is -0.497 e. The van der Waals surface area contributed by atoms with Crippen LogP contribution in [0.15, 0.2) is 72.8 Å². The Kier molecular flexibility index (Phi) is 4.99. The number of piperidine rings is 1. The number of halogens is 1. The lowest BCUT2D eigenvalue weighted by Gasteiger charge is -2.51. The van der Waals surface area contributed by atoms with Gasteiger partial charge in [-0.2, -0.15) is 0 Å². The van der Waals surface area contributed by atoms with E-state index in [1.54, 1.807) is 19.2 Å². The summed E-state index contributed by atoms with van der Waals surface area (Å²) in [6, 6.07) is 24.7. The average Bonchev–Trinajstić information content (AvgIpc) is 3.21. The molecular weight excluding hydrogens is 411 g/mol. The summed E-state index contributed by atoms with van der Waals surface area (Å²) in [6.45, 7) is 3.01. The van der Waals surface area contributed by atoms with E-state index in [0.29, 0.717) is 5.92 Å². The number of rotatable bonds is 4. The summed E-state index contributed by atoms with van der Waals surface area (Å²) in [7, 11) is 1.73. The van der Waals surface area contributed by atoms with Crippen LogP contribution in [0.25, 0.3) is 10.9 Å². The third-order valence-electron chi connectivity index (χ3n) is 7.94. The van der Waals surface area contributed by atoms with Crippen LogP contribution in [0.1, 0.15) is 28.8 Å². The molecule has 2 aliphatic rings. The first-order valence-corrected chi connectivity index (χ1v) is 11.8. The van der Waals surface area contributed by atoms with Gasteiger partial charge in [0.2, 0.25) is 0 Å². The van der Waals surface area contributed by atoms with Crippen molar-refractivity contribution in [3.63, 3.8) is 0 Å². The molecule has 1 unspecified atom stereocenters. The van der Waals surface area contributed by atoms with Crippen molar-refractivity contribution < 1.29 is 9.13 Å².